The van der Waals surface area contributed by atoms with Crippen molar-refractivity contribution in [1.82, 2.24) is 10.2 Å². The molecule has 1 saturated heterocycles. The smallest absolute Gasteiger partial charge is 0.261 e. The van der Waals surface area contributed by atoms with Crippen LogP contribution in [0.3, 0.4) is 0 Å². The molecule has 5 heteroatoms. The van der Waals surface area contributed by atoms with E-state index in [0.29, 0.717) is 18.8 Å². The van der Waals surface area contributed by atoms with E-state index in [2.05, 4.69) is 12.2 Å². The first-order chi connectivity index (χ1) is 9.61. The highest BCUT2D eigenvalue weighted by atomic mass is 16.5. The van der Waals surface area contributed by atoms with Crippen LogP contribution >= 0.6 is 0 Å². The summed E-state index contributed by atoms with van der Waals surface area (Å²) in [5.41, 5.74) is 1.23. The normalized spacial score (nSPS) is 18.6. The molecule has 1 fully saturated rings. The quantitative estimate of drug-likeness (QED) is 0.891. The Labute approximate surface area is 118 Å². The zero-order chi connectivity index (χ0) is 14.5. The molecular formula is C15H20N2O3. The van der Waals surface area contributed by atoms with Gasteiger partial charge in [0.05, 0.1) is 0 Å². The molecule has 1 aromatic carbocycles. The van der Waals surface area contributed by atoms with Gasteiger partial charge < -0.3 is 15.0 Å². The molecule has 0 aromatic heterocycles. The molecule has 1 unspecified atom stereocenters. The number of nitrogens with zero attached hydrogens (tertiary/aromatic N) is 1. The minimum atomic E-state index is -0.428. The third-order valence-electron chi connectivity index (χ3n) is 3.51. The lowest BCUT2D eigenvalue weighted by Crippen LogP contribution is -2.56. The fraction of sp³-hybridized carbons (Fsp3) is 0.467. The van der Waals surface area contributed by atoms with Gasteiger partial charge in [0, 0.05) is 13.1 Å². The summed E-state index contributed by atoms with van der Waals surface area (Å²) < 4.78 is 5.48. The van der Waals surface area contributed by atoms with E-state index in [1.54, 1.807) is 11.8 Å². The molecule has 1 aromatic rings. The number of ether oxygens (including phenoxy) is 1. The van der Waals surface area contributed by atoms with Gasteiger partial charge in [0.1, 0.15) is 11.8 Å². The van der Waals surface area contributed by atoms with E-state index in [9.17, 15) is 9.59 Å². The van der Waals surface area contributed by atoms with Gasteiger partial charge in [-0.25, -0.2) is 0 Å². The maximum atomic E-state index is 12.1. The van der Waals surface area contributed by atoms with Crippen LogP contribution in [0.5, 0.6) is 5.75 Å². The Hall–Kier alpha value is -2.04. The molecular weight excluding hydrogens is 256 g/mol. The predicted molar refractivity (Wildman–Crippen MR) is 75.5 cm³/mol. The molecule has 0 radical (unpaired) electrons. The van der Waals surface area contributed by atoms with Gasteiger partial charge in [-0.1, -0.05) is 19.1 Å². The number of carbonyl (C=O) groups is 2. The van der Waals surface area contributed by atoms with Crippen molar-refractivity contribution in [3.63, 3.8) is 0 Å². The number of nitrogens with one attached hydrogen (secondary N) is 1. The number of amides is 2. The highest BCUT2D eigenvalue weighted by Gasteiger charge is 2.29. The fourth-order valence-corrected chi connectivity index (χ4v) is 2.17. The number of carbonyl (C=O) groups excluding carboxylic acids is 2. The number of rotatable bonds is 4. The van der Waals surface area contributed by atoms with Crippen molar-refractivity contribution in [2.24, 2.45) is 0 Å². The van der Waals surface area contributed by atoms with Gasteiger partial charge in [0.15, 0.2) is 6.61 Å². The van der Waals surface area contributed by atoms with E-state index in [4.69, 9.17) is 4.74 Å². The minimum Gasteiger partial charge on any atom is -0.484 e. The van der Waals surface area contributed by atoms with E-state index in [1.165, 1.54) is 5.56 Å². The second kappa shape index (κ2) is 6.41. The maximum Gasteiger partial charge on any atom is 0.261 e. The van der Waals surface area contributed by atoms with E-state index >= 15 is 0 Å². The molecule has 1 atom stereocenters. The van der Waals surface area contributed by atoms with Crippen molar-refractivity contribution < 1.29 is 14.3 Å². The molecule has 1 heterocycles. The molecule has 1 aliphatic rings. The van der Waals surface area contributed by atoms with Gasteiger partial charge in [-0.2, -0.15) is 0 Å². The summed E-state index contributed by atoms with van der Waals surface area (Å²) in [6, 6.07) is 7.26. The maximum absolute atomic E-state index is 12.1. The molecule has 0 saturated carbocycles. The molecule has 5 nitrogen and oxygen atoms in total. The third kappa shape index (κ3) is 3.29. The van der Waals surface area contributed by atoms with Crippen LogP contribution < -0.4 is 10.1 Å². The Balaban J connectivity index is 1.89. The molecule has 1 aliphatic heterocycles. The van der Waals surface area contributed by atoms with E-state index in [0.717, 1.165) is 6.42 Å². The fourth-order valence-electron chi connectivity index (χ4n) is 2.17. The summed E-state index contributed by atoms with van der Waals surface area (Å²) >= 11 is 0. The second-order valence-corrected chi connectivity index (χ2v) is 4.84. The molecule has 0 aliphatic carbocycles. The molecule has 0 bridgehead atoms. The SMILES string of the molecule is CCc1ccc(OCC(=O)N2CCNC(=O)C2C)cc1. The zero-order valence-electron chi connectivity index (χ0n) is 11.9. The van der Waals surface area contributed by atoms with Crippen molar-refractivity contribution in [2.45, 2.75) is 26.3 Å². The van der Waals surface area contributed by atoms with E-state index < -0.39 is 6.04 Å². The molecule has 0 spiro atoms. The van der Waals surface area contributed by atoms with Crippen molar-refractivity contribution in [1.29, 1.82) is 0 Å². The summed E-state index contributed by atoms with van der Waals surface area (Å²) in [5, 5.41) is 2.73. The standard InChI is InChI=1S/C15H20N2O3/c1-3-12-4-6-13(7-5-12)20-10-14(18)17-9-8-16-15(19)11(17)2/h4-7,11H,3,8-10H2,1-2H3,(H,16,19). The Morgan fingerprint density at radius 1 is 1.40 bits per heavy atom. The molecule has 108 valence electrons. The average Bonchev–Trinajstić information content (AvgIpc) is 2.48. The first-order valence-corrected chi connectivity index (χ1v) is 6.90. The van der Waals surface area contributed by atoms with Crippen molar-refractivity contribution >= 4 is 11.8 Å². The van der Waals surface area contributed by atoms with Crippen molar-refractivity contribution in [2.75, 3.05) is 19.7 Å². The summed E-state index contributed by atoms with van der Waals surface area (Å²) in [4.78, 5) is 25.1. The summed E-state index contributed by atoms with van der Waals surface area (Å²) in [6.07, 6.45) is 0.972. The lowest BCUT2D eigenvalue weighted by atomic mass is 10.2. The van der Waals surface area contributed by atoms with Crippen LogP contribution in [0, 0.1) is 0 Å². The Morgan fingerprint density at radius 3 is 2.75 bits per heavy atom. The van der Waals surface area contributed by atoms with Crippen LogP contribution in [0.25, 0.3) is 0 Å². The summed E-state index contributed by atoms with van der Waals surface area (Å²) in [7, 11) is 0. The van der Waals surface area contributed by atoms with Gasteiger partial charge >= 0.3 is 0 Å². The van der Waals surface area contributed by atoms with Crippen LogP contribution in [0.1, 0.15) is 19.4 Å². The molecule has 2 rings (SSSR count). The van der Waals surface area contributed by atoms with Gasteiger partial charge in [0.2, 0.25) is 5.91 Å². The average molecular weight is 276 g/mol. The highest BCUT2D eigenvalue weighted by Crippen LogP contribution is 2.13. The number of aryl methyl sites for hydroxylation is 1. The number of benzene rings is 1. The van der Waals surface area contributed by atoms with Crippen molar-refractivity contribution in [3.8, 4) is 5.75 Å². The number of hydrogen-bond acceptors (Lipinski definition) is 3. The Morgan fingerprint density at radius 2 is 2.10 bits per heavy atom. The molecule has 20 heavy (non-hydrogen) atoms. The topological polar surface area (TPSA) is 58.6 Å². The van der Waals surface area contributed by atoms with Crippen LogP contribution in [0.15, 0.2) is 24.3 Å². The van der Waals surface area contributed by atoms with E-state index in [-0.39, 0.29) is 18.4 Å². The van der Waals surface area contributed by atoms with Gasteiger partial charge in [-0.3, -0.25) is 9.59 Å². The Bertz CT molecular complexity index is 484. The van der Waals surface area contributed by atoms with Crippen LogP contribution in [0.2, 0.25) is 0 Å². The van der Waals surface area contributed by atoms with Gasteiger partial charge in [-0.15, -0.1) is 0 Å². The molecule has 1 N–H and O–H groups in total. The predicted octanol–water partition coefficient (Wildman–Crippen LogP) is 0.975. The van der Waals surface area contributed by atoms with Crippen LogP contribution in [-0.2, 0) is 16.0 Å². The monoisotopic (exact) mass is 276 g/mol. The largest absolute Gasteiger partial charge is 0.484 e. The first kappa shape index (κ1) is 14.4. The first-order valence-electron chi connectivity index (χ1n) is 6.90. The van der Waals surface area contributed by atoms with Gasteiger partial charge in [-0.05, 0) is 31.0 Å². The lowest BCUT2D eigenvalue weighted by Gasteiger charge is -2.32. The Kier molecular flexibility index (Phi) is 4.61. The lowest BCUT2D eigenvalue weighted by molar-refractivity contribution is -0.143. The van der Waals surface area contributed by atoms with Crippen LogP contribution in [0.4, 0.5) is 0 Å². The minimum absolute atomic E-state index is 0.0386. The zero-order valence-corrected chi connectivity index (χ0v) is 11.9. The van der Waals surface area contributed by atoms with Crippen molar-refractivity contribution in [3.05, 3.63) is 29.8 Å². The summed E-state index contributed by atoms with van der Waals surface area (Å²) in [6.45, 7) is 4.80. The van der Waals surface area contributed by atoms with E-state index in [1.807, 2.05) is 24.3 Å². The second-order valence-electron chi connectivity index (χ2n) is 4.84. The van der Waals surface area contributed by atoms with Gasteiger partial charge in [0.25, 0.3) is 5.91 Å². The highest BCUT2D eigenvalue weighted by molar-refractivity contribution is 5.89. The summed E-state index contributed by atoms with van der Waals surface area (Å²) in [5.74, 6) is 0.397. The number of hydrogen-bond donors (Lipinski definition) is 1. The third-order valence-corrected chi connectivity index (χ3v) is 3.51. The number of piperazine rings is 1. The van der Waals surface area contributed by atoms with Crippen LogP contribution in [-0.4, -0.2) is 42.5 Å². The molecule has 2 amide bonds.